The molecule has 1 unspecified atom stereocenters. The molecule has 2 N–H and O–H groups in total. The van der Waals surface area contributed by atoms with Crippen LogP contribution in [0.4, 0.5) is 0 Å². The molecular weight excluding hydrogens is 290 g/mol. The molecule has 0 aliphatic carbocycles. The van der Waals surface area contributed by atoms with Crippen LogP contribution in [0.25, 0.3) is 0 Å². The van der Waals surface area contributed by atoms with E-state index in [0.717, 1.165) is 0 Å². The molecule has 19 heavy (non-hydrogen) atoms. The molecule has 0 amide bonds. The van der Waals surface area contributed by atoms with Crippen molar-refractivity contribution < 1.29 is 13.5 Å². The monoisotopic (exact) mass is 307 g/mol. The Balaban J connectivity index is 2.80. The summed E-state index contributed by atoms with van der Waals surface area (Å²) in [5.41, 5.74) is -1.18. The van der Waals surface area contributed by atoms with Crippen molar-refractivity contribution in [2.45, 2.75) is 17.4 Å². The summed E-state index contributed by atoms with van der Waals surface area (Å²) in [7, 11) is -0.198. The van der Waals surface area contributed by atoms with Gasteiger partial charge >= 0.3 is 0 Å². The van der Waals surface area contributed by atoms with Crippen LogP contribution in [-0.2, 0) is 10.0 Å². The third kappa shape index (κ3) is 5.04. The lowest BCUT2D eigenvalue weighted by molar-refractivity contribution is 0.0386. The summed E-state index contributed by atoms with van der Waals surface area (Å²) in [5.74, 6) is 0. The summed E-state index contributed by atoms with van der Waals surface area (Å²) in [6, 6.07) is 1.40. The van der Waals surface area contributed by atoms with Crippen LogP contribution in [0, 0.1) is 0 Å². The minimum Gasteiger partial charge on any atom is -0.387 e. The topological polar surface area (TPSA) is 82.5 Å². The molecule has 0 fully saturated rings. The molecule has 0 saturated carbocycles. The first kappa shape index (κ1) is 16.3. The Kier molecular flexibility index (Phi) is 5.28. The smallest absolute Gasteiger partial charge is 0.243 e. The molecule has 0 aliphatic heterocycles. The van der Waals surface area contributed by atoms with Gasteiger partial charge in [0.05, 0.1) is 10.6 Å². The summed E-state index contributed by atoms with van der Waals surface area (Å²) in [6.45, 7) is 1.77. The van der Waals surface area contributed by atoms with Gasteiger partial charge in [0.2, 0.25) is 10.0 Å². The van der Waals surface area contributed by atoms with E-state index in [4.69, 9.17) is 11.6 Å². The largest absolute Gasteiger partial charge is 0.387 e. The minimum absolute atomic E-state index is 0.0924. The fourth-order valence-corrected chi connectivity index (χ4v) is 3.22. The maximum atomic E-state index is 12.0. The van der Waals surface area contributed by atoms with Crippen molar-refractivity contribution >= 4 is 21.6 Å². The normalized spacial score (nSPS) is 15.5. The van der Waals surface area contributed by atoms with Gasteiger partial charge in [0.1, 0.15) is 4.90 Å². The fraction of sp³-hybridized carbons (Fsp3) is 0.545. The van der Waals surface area contributed by atoms with Crippen LogP contribution in [0.15, 0.2) is 23.4 Å². The van der Waals surface area contributed by atoms with Crippen LogP contribution < -0.4 is 4.72 Å². The Morgan fingerprint density at radius 3 is 2.68 bits per heavy atom. The number of nitrogens with one attached hydrogen (secondary N) is 1. The highest BCUT2D eigenvalue weighted by Gasteiger charge is 2.26. The van der Waals surface area contributed by atoms with E-state index in [1.165, 1.54) is 18.5 Å². The molecule has 1 rings (SSSR count). The number of pyridine rings is 1. The summed E-state index contributed by atoms with van der Waals surface area (Å²) in [4.78, 5) is 5.40. The number of likely N-dealkylation sites (N-methyl/N-ethyl adjacent to an activating group) is 1. The Morgan fingerprint density at radius 1 is 1.53 bits per heavy atom. The first-order valence-corrected chi connectivity index (χ1v) is 7.46. The number of rotatable bonds is 6. The van der Waals surface area contributed by atoms with Crippen molar-refractivity contribution in [3.05, 3.63) is 23.5 Å². The molecule has 0 aromatic carbocycles. The SMILES string of the molecule is CN(C)CC(C)(O)CNS(=O)(=O)c1cnccc1Cl. The van der Waals surface area contributed by atoms with Gasteiger partial charge in [-0.15, -0.1) is 0 Å². The maximum Gasteiger partial charge on any atom is 0.243 e. The molecule has 1 aromatic rings. The van der Waals surface area contributed by atoms with Crippen LogP contribution >= 0.6 is 11.6 Å². The van der Waals surface area contributed by atoms with Gasteiger partial charge in [0.15, 0.2) is 0 Å². The Hall–Kier alpha value is -0.730. The quantitative estimate of drug-likeness (QED) is 0.791. The van der Waals surface area contributed by atoms with Gasteiger partial charge in [-0.05, 0) is 27.1 Å². The van der Waals surface area contributed by atoms with Gasteiger partial charge in [0, 0.05) is 25.5 Å². The number of halogens is 1. The molecule has 0 radical (unpaired) electrons. The Morgan fingerprint density at radius 2 is 2.16 bits per heavy atom. The molecule has 1 atom stereocenters. The first-order valence-electron chi connectivity index (χ1n) is 5.60. The molecular formula is C11H18ClN3O3S. The second kappa shape index (κ2) is 6.15. The van der Waals surface area contributed by atoms with Gasteiger partial charge in [-0.25, -0.2) is 13.1 Å². The van der Waals surface area contributed by atoms with Gasteiger partial charge in [-0.2, -0.15) is 0 Å². The van der Waals surface area contributed by atoms with Gasteiger partial charge in [-0.1, -0.05) is 11.6 Å². The maximum absolute atomic E-state index is 12.0. The van der Waals surface area contributed by atoms with Crippen LogP contribution in [0.3, 0.4) is 0 Å². The lowest BCUT2D eigenvalue weighted by atomic mass is 10.1. The van der Waals surface area contributed by atoms with E-state index in [1.54, 1.807) is 25.9 Å². The van der Waals surface area contributed by atoms with Crippen molar-refractivity contribution in [1.82, 2.24) is 14.6 Å². The minimum atomic E-state index is -3.78. The molecule has 0 spiro atoms. The number of sulfonamides is 1. The van der Waals surface area contributed by atoms with Crippen molar-refractivity contribution in [3.8, 4) is 0 Å². The van der Waals surface area contributed by atoms with E-state index in [9.17, 15) is 13.5 Å². The van der Waals surface area contributed by atoms with Crippen LogP contribution in [0.5, 0.6) is 0 Å². The van der Waals surface area contributed by atoms with Gasteiger partial charge in [-0.3, -0.25) is 4.98 Å². The van der Waals surface area contributed by atoms with Crippen LogP contribution in [-0.4, -0.2) is 56.2 Å². The highest BCUT2D eigenvalue weighted by molar-refractivity contribution is 7.89. The summed E-state index contributed by atoms with van der Waals surface area (Å²) in [5, 5.41) is 10.1. The third-order valence-corrected chi connectivity index (χ3v) is 4.19. The number of nitrogens with zero attached hydrogens (tertiary/aromatic N) is 2. The van der Waals surface area contributed by atoms with Gasteiger partial charge < -0.3 is 10.0 Å². The molecule has 1 heterocycles. The van der Waals surface area contributed by atoms with Crippen LogP contribution in [0.1, 0.15) is 6.92 Å². The number of aliphatic hydroxyl groups is 1. The molecule has 108 valence electrons. The molecule has 0 aliphatic rings. The van der Waals surface area contributed by atoms with E-state index in [0.29, 0.717) is 6.54 Å². The van der Waals surface area contributed by atoms with Crippen molar-refractivity contribution in [3.63, 3.8) is 0 Å². The average Bonchev–Trinajstić information content (AvgIpc) is 2.25. The molecule has 1 aromatic heterocycles. The second-order valence-electron chi connectivity index (χ2n) is 4.87. The number of aromatic nitrogens is 1. The number of hydrogen-bond donors (Lipinski definition) is 2. The highest BCUT2D eigenvalue weighted by atomic mass is 35.5. The number of hydrogen-bond acceptors (Lipinski definition) is 5. The Bertz CT molecular complexity index is 532. The summed E-state index contributed by atoms with van der Waals surface area (Å²) >= 11 is 5.81. The zero-order valence-electron chi connectivity index (χ0n) is 11.1. The predicted octanol–water partition coefficient (Wildman–Crippen LogP) is 0.326. The average molecular weight is 308 g/mol. The van der Waals surface area contributed by atoms with Gasteiger partial charge in [0.25, 0.3) is 0 Å². The van der Waals surface area contributed by atoms with E-state index in [2.05, 4.69) is 9.71 Å². The Labute approximate surface area is 118 Å². The van der Waals surface area contributed by atoms with Crippen LogP contribution in [0.2, 0.25) is 5.02 Å². The van der Waals surface area contributed by atoms with E-state index in [-0.39, 0.29) is 16.5 Å². The van der Waals surface area contributed by atoms with Crippen molar-refractivity contribution in [2.75, 3.05) is 27.2 Å². The lowest BCUT2D eigenvalue weighted by Gasteiger charge is -2.27. The standard InChI is InChI=1S/C11H18ClN3O3S/c1-11(16,8-15(2)3)7-14-19(17,18)10-6-13-5-4-9(10)12/h4-6,14,16H,7-8H2,1-3H3. The highest BCUT2D eigenvalue weighted by Crippen LogP contribution is 2.19. The van der Waals surface area contributed by atoms with E-state index < -0.39 is 15.6 Å². The zero-order valence-corrected chi connectivity index (χ0v) is 12.7. The summed E-state index contributed by atoms with van der Waals surface area (Å²) in [6.07, 6.45) is 2.58. The molecule has 0 bridgehead atoms. The van der Waals surface area contributed by atoms with E-state index >= 15 is 0 Å². The van der Waals surface area contributed by atoms with Crippen molar-refractivity contribution in [2.24, 2.45) is 0 Å². The summed E-state index contributed by atoms with van der Waals surface area (Å²) < 4.78 is 26.4. The molecule has 6 nitrogen and oxygen atoms in total. The first-order chi connectivity index (χ1) is 8.64. The third-order valence-electron chi connectivity index (χ3n) is 2.32. The van der Waals surface area contributed by atoms with E-state index in [1.807, 2.05) is 0 Å². The van der Waals surface area contributed by atoms with Crippen molar-refractivity contribution in [1.29, 1.82) is 0 Å². The molecule has 0 saturated heterocycles. The zero-order chi connectivity index (χ0) is 14.7. The second-order valence-corrected chi connectivity index (χ2v) is 7.01. The molecule has 8 heteroatoms. The fourth-order valence-electron chi connectivity index (χ4n) is 1.63. The lowest BCUT2D eigenvalue weighted by Crippen LogP contribution is -2.47. The predicted molar refractivity (Wildman–Crippen MR) is 73.6 cm³/mol.